The van der Waals surface area contributed by atoms with Crippen molar-refractivity contribution in [2.75, 3.05) is 11.2 Å². The number of halogens is 2. The third-order valence-corrected chi connectivity index (χ3v) is 3.26. The highest BCUT2D eigenvalue weighted by molar-refractivity contribution is 6.17. The number of anilines is 1. The van der Waals surface area contributed by atoms with Crippen LogP contribution in [-0.2, 0) is 6.42 Å². The summed E-state index contributed by atoms with van der Waals surface area (Å²) in [5.74, 6) is -0.875. The quantitative estimate of drug-likeness (QED) is 0.822. The maximum Gasteiger partial charge on any atom is 0.259 e. The number of nitrogens with one attached hydrogen (secondary N) is 1. The third-order valence-electron chi connectivity index (χ3n) is 2.99. The fourth-order valence-corrected chi connectivity index (χ4v) is 2.10. The summed E-state index contributed by atoms with van der Waals surface area (Å²) >= 11 is 5.66. The summed E-state index contributed by atoms with van der Waals surface area (Å²) in [4.78, 5) is 12.1. The van der Waals surface area contributed by atoms with Crippen LogP contribution in [0.3, 0.4) is 0 Å². The van der Waals surface area contributed by atoms with Crippen molar-refractivity contribution in [3.8, 4) is 5.75 Å². The van der Waals surface area contributed by atoms with Crippen LogP contribution in [0.5, 0.6) is 5.75 Å². The van der Waals surface area contributed by atoms with Crippen molar-refractivity contribution in [3.63, 3.8) is 0 Å². The highest BCUT2D eigenvalue weighted by Crippen LogP contribution is 2.20. The lowest BCUT2D eigenvalue weighted by Crippen LogP contribution is -2.12. The van der Waals surface area contributed by atoms with Gasteiger partial charge in [0.25, 0.3) is 5.91 Å². The Kier molecular flexibility index (Phi) is 5.17. The number of aromatic hydroxyl groups is 1. The molecule has 2 rings (SSSR count). The van der Waals surface area contributed by atoms with Crippen LogP contribution in [0.4, 0.5) is 10.1 Å². The van der Waals surface area contributed by atoms with Crippen molar-refractivity contribution in [2.45, 2.75) is 12.8 Å². The van der Waals surface area contributed by atoms with Gasteiger partial charge in [-0.25, -0.2) is 4.39 Å². The second kappa shape index (κ2) is 7.09. The Bertz CT molecular complexity index is 646. The van der Waals surface area contributed by atoms with E-state index in [2.05, 4.69) is 5.32 Å². The molecule has 2 aromatic rings. The number of benzene rings is 2. The van der Waals surface area contributed by atoms with Gasteiger partial charge in [-0.05, 0) is 42.7 Å². The highest BCUT2D eigenvalue weighted by atomic mass is 35.5. The van der Waals surface area contributed by atoms with Crippen molar-refractivity contribution < 1.29 is 14.3 Å². The smallest absolute Gasteiger partial charge is 0.259 e. The molecule has 0 aliphatic rings. The molecule has 0 spiro atoms. The van der Waals surface area contributed by atoms with Crippen LogP contribution in [0.2, 0.25) is 0 Å². The number of carbonyl (C=O) groups is 1. The number of aryl methyl sites for hydroxylation is 1. The number of amides is 1. The molecule has 1 amide bonds. The van der Waals surface area contributed by atoms with Crippen molar-refractivity contribution >= 4 is 23.2 Å². The fraction of sp³-hybridized carbons (Fsp3) is 0.188. The SMILES string of the molecule is O=C(Nc1cccc(CCCCl)c1)c1ccc(F)cc1O. The van der Waals surface area contributed by atoms with Crippen LogP contribution in [-0.4, -0.2) is 16.9 Å². The molecule has 2 aromatic carbocycles. The minimum Gasteiger partial charge on any atom is -0.507 e. The van der Waals surface area contributed by atoms with Crippen molar-refractivity contribution in [2.24, 2.45) is 0 Å². The minimum absolute atomic E-state index is 0.0301. The maximum absolute atomic E-state index is 12.9. The first-order valence-electron chi connectivity index (χ1n) is 6.55. The van der Waals surface area contributed by atoms with E-state index in [0.29, 0.717) is 11.6 Å². The topological polar surface area (TPSA) is 49.3 Å². The van der Waals surface area contributed by atoms with Crippen LogP contribution in [0.25, 0.3) is 0 Å². The highest BCUT2D eigenvalue weighted by Gasteiger charge is 2.12. The number of alkyl halides is 1. The van der Waals surface area contributed by atoms with E-state index in [1.54, 1.807) is 6.07 Å². The fourth-order valence-electron chi connectivity index (χ4n) is 1.97. The summed E-state index contributed by atoms with van der Waals surface area (Å²) in [5, 5.41) is 12.3. The van der Waals surface area contributed by atoms with Crippen molar-refractivity contribution in [1.29, 1.82) is 0 Å². The number of rotatable bonds is 5. The van der Waals surface area contributed by atoms with E-state index >= 15 is 0 Å². The van der Waals surface area contributed by atoms with E-state index in [4.69, 9.17) is 11.6 Å². The minimum atomic E-state index is -0.591. The molecule has 110 valence electrons. The average molecular weight is 308 g/mol. The molecule has 0 heterocycles. The molecular formula is C16H15ClFNO2. The molecule has 0 aliphatic heterocycles. The Morgan fingerprint density at radius 2 is 2.05 bits per heavy atom. The van der Waals surface area contributed by atoms with Gasteiger partial charge < -0.3 is 10.4 Å². The van der Waals surface area contributed by atoms with Crippen LogP contribution < -0.4 is 5.32 Å². The number of carbonyl (C=O) groups excluding carboxylic acids is 1. The van der Waals surface area contributed by atoms with Crippen molar-refractivity contribution in [1.82, 2.24) is 0 Å². The predicted molar refractivity (Wildman–Crippen MR) is 81.5 cm³/mol. The lowest BCUT2D eigenvalue weighted by Gasteiger charge is -2.08. The van der Waals surface area contributed by atoms with E-state index in [-0.39, 0.29) is 11.3 Å². The lowest BCUT2D eigenvalue weighted by atomic mass is 10.1. The van der Waals surface area contributed by atoms with E-state index in [0.717, 1.165) is 30.5 Å². The second-order valence-corrected chi connectivity index (χ2v) is 4.99. The van der Waals surface area contributed by atoms with Gasteiger partial charge >= 0.3 is 0 Å². The van der Waals surface area contributed by atoms with Crippen LogP contribution >= 0.6 is 11.6 Å². The van der Waals surface area contributed by atoms with Gasteiger partial charge in [-0.1, -0.05) is 12.1 Å². The third kappa shape index (κ3) is 4.20. The molecule has 0 saturated heterocycles. The van der Waals surface area contributed by atoms with E-state index < -0.39 is 11.7 Å². The van der Waals surface area contributed by atoms with Gasteiger partial charge in [0.2, 0.25) is 0 Å². The summed E-state index contributed by atoms with van der Waals surface area (Å²) in [6, 6.07) is 10.7. The second-order valence-electron chi connectivity index (χ2n) is 4.61. The van der Waals surface area contributed by atoms with Gasteiger partial charge in [-0.15, -0.1) is 11.6 Å². The Balaban J connectivity index is 2.12. The normalized spacial score (nSPS) is 10.4. The van der Waals surface area contributed by atoms with E-state index in [9.17, 15) is 14.3 Å². The molecule has 0 bridgehead atoms. The zero-order valence-corrected chi connectivity index (χ0v) is 12.0. The molecule has 0 aliphatic carbocycles. The summed E-state index contributed by atoms with van der Waals surface area (Å²) in [5.41, 5.74) is 1.72. The standard InChI is InChI=1S/C16H15ClFNO2/c17-8-2-4-11-3-1-5-13(9-11)19-16(21)14-7-6-12(18)10-15(14)20/h1,3,5-7,9-10,20H,2,4,8H2,(H,19,21). The number of hydrogen-bond donors (Lipinski definition) is 2. The largest absolute Gasteiger partial charge is 0.507 e. The van der Waals surface area contributed by atoms with Crippen LogP contribution in [0.1, 0.15) is 22.3 Å². The molecule has 3 nitrogen and oxygen atoms in total. The Hall–Kier alpha value is -2.07. The van der Waals surface area contributed by atoms with Gasteiger partial charge in [0, 0.05) is 17.6 Å². The number of hydrogen-bond acceptors (Lipinski definition) is 2. The molecule has 5 heteroatoms. The molecule has 0 radical (unpaired) electrons. The Morgan fingerprint density at radius 1 is 1.24 bits per heavy atom. The zero-order chi connectivity index (χ0) is 15.2. The Labute approximate surface area is 127 Å². The molecule has 0 atom stereocenters. The summed E-state index contributed by atoms with van der Waals surface area (Å²) in [6.45, 7) is 0. The summed E-state index contributed by atoms with van der Waals surface area (Å²) < 4.78 is 12.9. The molecular weight excluding hydrogens is 293 g/mol. The number of phenolic OH excluding ortho intramolecular Hbond substituents is 1. The molecule has 0 saturated carbocycles. The summed E-state index contributed by atoms with van der Waals surface area (Å²) in [6.07, 6.45) is 1.69. The first-order chi connectivity index (χ1) is 10.1. The van der Waals surface area contributed by atoms with E-state index in [1.165, 1.54) is 6.07 Å². The van der Waals surface area contributed by atoms with Gasteiger partial charge in [0.15, 0.2) is 0 Å². The maximum atomic E-state index is 12.9. The molecule has 21 heavy (non-hydrogen) atoms. The lowest BCUT2D eigenvalue weighted by molar-refractivity contribution is 0.102. The molecule has 2 N–H and O–H groups in total. The van der Waals surface area contributed by atoms with Gasteiger partial charge in [0.1, 0.15) is 11.6 Å². The van der Waals surface area contributed by atoms with Crippen LogP contribution in [0.15, 0.2) is 42.5 Å². The first kappa shape index (κ1) is 15.3. The Morgan fingerprint density at radius 3 is 2.76 bits per heavy atom. The number of phenols is 1. The van der Waals surface area contributed by atoms with Crippen molar-refractivity contribution in [3.05, 3.63) is 59.4 Å². The van der Waals surface area contributed by atoms with E-state index in [1.807, 2.05) is 18.2 Å². The average Bonchev–Trinajstić information content (AvgIpc) is 2.45. The zero-order valence-electron chi connectivity index (χ0n) is 11.3. The van der Waals surface area contributed by atoms with Gasteiger partial charge in [-0.3, -0.25) is 4.79 Å². The molecule has 0 fully saturated rings. The first-order valence-corrected chi connectivity index (χ1v) is 7.08. The monoisotopic (exact) mass is 307 g/mol. The summed E-state index contributed by atoms with van der Waals surface area (Å²) in [7, 11) is 0. The van der Waals surface area contributed by atoms with Crippen LogP contribution in [0, 0.1) is 5.82 Å². The predicted octanol–water partition coefficient (Wildman–Crippen LogP) is 3.96. The van der Waals surface area contributed by atoms with Gasteiger partial charge in [-0.2, -0.15) is 0 Å². The molecule has 0 aromatic heterocycles. The molecule has 0 unspecified atom stereocenters. The van der Waals surface area contributed by atoms with Gasteiger partial charge in [0.05, 0.1) is 5.56 Å².